The minimum atomic E-state index is -0.164. The number of carbonyl (C=O) groups is 1. The average molecular weight is 353 g/mol. The number of rotatable bonds is 9. The maximum absolute atomic E-state index is 11.9. The first-order valence-corrected chi connectivity index (χ1v) is 9.55. The third-order valence-electron chi connectivity index (χ3n) is 3.26. The predicted molar refractivity (Wildman–Crippen MR) is 104 cm³/mol. The van der Waals surface area contributed by atoms with Crippen LogP contribution in [0.4, 0.5) is 10.5 Å². The lowest BCUT2D eigenvalue weighted by atomic mass is 10.2. The minimum Gasteiger partial charge on any atom is -0.381 e. The molecule has 0 aromatic heterocycles. The monoisotopic (exact) mass is 352 g/mol. The summed E-state index contributed by atoms with van der Waals surface area (Å²) in [6.07, 6.45) is 3.07. The van der Waals surface area contributed by atoms with Gasteiger partial charge in [0.25, 0.3) is 0 Å². The van der Waals surface area contributed by atoms with E-state index in [1.165, 1.54) is 4.90 Å². The number of hydrogen-bond donors (Lipinski definition) is 2. The van der Waals surface area contributed by atoms with Gasteiger partial charge in [0.15, 0.2) is 0 Å². The van der Waals surface area contributed by atoms with E-state index in [0.29, 0.717) is 13.2 Å². The number of aryl methyl sites for hydroxylation is 1. The molecule has 5 heteroatoms. The van der Waals surface area contributed by atoms with Crippen molar-refractivity contribution in [2.45, 2.75) is 63.5 Å². The Labute approximate surface area is 151 Å². The van der Waals surface area contributed by atoms with Gasteiger partial charge in [0.1, 0.15) is 0 Å². The lowest BCUT2D eigenvalue weighted by molar-refractivity contribution is 0.129. The van der Waals surface area contributed by atoms with Crippen molar-refractivity contribution in [1.29, 1.82) is 0 Å². The van der Waals surface area contributed by atoms with Crippen molar-refractivity contribution >= 4 is 23.5 Å². The second-order valence-corrected chi connectivity index (χ2v) is 8.79. The molecule has 0 bridgehead atoms. The Bertz CT molecular complexity index is 513. The predicted octanol–water partition coefficient (Wildman–Crippen LogP) is 5.21. The molecule has 0 saturated heterocycles. The highest BCUT2D eigenvalue weighted by Crippen LogP contribution is 2.33. The normalized spacial score (nSPS) is 11.4. The number of benzene rings is 1. The lowest BCUT2D eigenvalue weighted by Crippen LogP contribution is -2.30. The van der Waals surface area contributed by atoms with Crippen molar-refractivity contribution in [1.82, 2.24) is 5.32 Å². The molecular weight excluding hydrogens is 320 g/mol. The van der Waals surface area contributed by atoms with Crippen LogP contribution in [-0.4, -0.2) is 30.5 Å². The van der Waals surface area contributed by atoms with Crippen LogP contribution in [0.2, 0.25) is 0 Å². The zero-order chi connectivity index (χ0) is 18.0. The number of hydrogen-bond acceptors (Lipinski definition) is 3. The molecule has 0 aliphatic heterocycles. The van der Waals surface area contributed by atoms with E-state index in [2.05, 4.69) is 50.5 Å². The fourth-order valence-corrected chi connectivity index (χ4v) is 3.16. The maximum Gasteiger partial charge on any atom is 0.319 e. The van der Waals surface area contributed by atoms with Crippen molar-refractivity contribution in [3.63, 3.8) is 0 Å². The molecule has 1 aromatic carbocycles. The summed E-state index contributed by atoms with van der Waals surface area (Å²) < 4.78 is 5.65. The number of ether oxygens (including phenoxy) is 1. The van der Waals surface area contributed by atoms with Crippen molar-refractivity contribution < 1.29 is 9.53 Å². The van der Waals surface area contributed by atoms with E-state index >= 15 is 0 Å². The zero-order valence-corrected chi connectivity index (χ0v) is 16.5. The molecule has 24 heavy (non-hydrogen) atoms. The Morgan fingerprint density at radius 3 is 2.54 bits per heavy atom. The summed E-state index contributed by atoms with van der Waals surface area (Å²) in [7, 11) is 0. The third-order valence-corrected chi connectivity index (χ3v) is 4.37. The Hall–Kier alpha value is -1.20. The van der Waals surface area contributed by atoms with Gasteiger partial charge < -0.3 is 15.4 Å². The van der Waals surface area contributed by atoms with Crippen LogP contribution in [0.1, 0.15) is 52.5 Å². The Balaban J connectivity index is 2.34. The van der Waals surface area contributed by atoms with Gasteiger partial charge >= 0.3 is 6.03 Å². The van der Waals surface area contributed by atoms with Crippen molar-refractivity contribution in [3.8, 4) is 0 Å². The number of carbonyl (C=O) groups excluding carboxylic acids is 1. The summed E-state index contributed by atoms with van der Waals surface area (Å²) in [4.78, 5) is 13.2. The molecule has 0 heterocycles. The second kappa shape index (κ2) is 10.6. The molecule has 2 amide bonds. The van der Waals surface area contributed by atoms with Crippen LogP contribution in [0.3, 0.4) is 0 Å². The van der Waals surface area contributed by atoms with Gasteiger partial charge in [-0.1, -0.05) is 34.1 Å². The molecule has 0 saturated carbocycles. The molecule has 4 nitrogen and oxygen atoms in total. The van der Waals surface area contributed by atoms with E-state index in [0.717, 1.165) is 37.1 Å². The summed E-state index contributed by atoms with van der Waals surface area (Å²) in [5.74, 6) is 0. The van der Waals surface area contributed by atoms with Crippen LogP contribution in [0.5, 0.6) is 0 Å². The molecule has 0 spiro atoms. The lowest BCUT2D eigenvalue weighted by Gasteiger charge is -2.18. The highest BCUT2D eigenvalue weighted by molar-refractivity contribution is 8.00. The van der Waals surface area contributed by atoms with Gasteiger partial charge in [0, 0.05) is 35.1 Å². The van der Waals surface area contributed by atoms with E-state index in [1.54, 1.807) is 0 Å². The molecule has 1 aromatic rings. The van der Waals surface area contributed by atoms with Gasteiger partial charge in [-0.15, -0.1) is 11.8 Å². The van der Waals surface area contributed by atoms with Gasteiger partial charge in [-0.2, -0.15) is 0 Å². The summed E-state index contributed by atoms with van der Waals surface area (Å²) >= 11 is 1.83. The van der Waals surface area contributed by atoms with Gasteiger partial charge in [-0.3, -0.25) is 0 Å². The molecule has 0 aliphatic rings. The number of amides is 2. The zero-order valence-electron chi connectivity index (χ0n) is 15.7. The Morgan fingerprint density at radius 2 is 1.92 bits per heavy atom. The molecule has 2 N–H and O–H groups in total. The van der Waals surface area contributed by atoms with Crippen LogP contribution in [0.25, 0.3) is 0 Å². The fourth-order valence-electron chi connectivity index (χ4n) is 2.08. The van der Waals surface area contributed by atoms with Gasteiger partial charge in [0.2, 0.25) is 0 Å². The third kappa shape index (κ3) is 9.18. The molecule has 0 unspecified atom stereocenters. The summed E-state index contributed by atoms with van der Waals surface area (Å²) in [5, 5.41) is 5.78. The highest BCUT2D eigenvalue weighted by atomic mass is 32.2. The number of nitrogens with one attached hydrogen (secondary N) is 2. The van der Waals surface area contributed by atoms with E-state index in [9.17, 15) is 4.79 Å². The van der Waals surface area contributed by atoms with Gasteiger partial charge in [-0.25, -0.2) is 4.79 Å². The smallest absolute Gasteiger partial charge is 0.319 e. The summed E-state index contributed by atoms with van der Waals surface area (Å²) in [5.41, 5.74) is 1.92. The topological polar surface area (TPSA) is 50.4 Å². The first kappa shape index (κ1) is 20.8. The molecule has 0 aliphatic carbocycles. The van der Waals surface area contributed by atoms with E-state index in [1.807, 2.05) is 24.8 Å². The Kier molecular flexibility index (Phi) is 9.22. The van der Waals surface area contributed by atoms with Crippen molar-refractivity contribution in [3.05, 3.63) is 23.8 Å². The Morgan fingerprint density at radius 1 is 1.21 bits per heavy atom. The quantitative estimate of drug-likeness (QED) is 0.473. The van der Waals surface area contributed by atoms with Crippen LogP contribution >= 0.6 is 11.8 Å². The second-order valence-electron chi connectivity index (χ2n) is 6.89. The van der Waals surface area contributed by atoms with Crippen molar-refractivity contribution in [2.24, 2.45) is 0 Å². The van der Waals surface area contributed by atoms with E-state index in [-0.39, 0.29) is 10.8 Å². The van der Waals surface area contributed by atoms with E-state index in [4.69, 9.17) is 4.74 Å². The first-order chi connectivity index (χ1) is 11.3. The van der Waals surface area contributed by atoms with Crippen LogP contribution in [0.15, 0.2) is 23.1 Å². The van der Waals surface area contributed by atoms with Crippen LogP contribution < -0.4 is 10.6 Å². The summed E-state index contributed by atoms with van der Waals surface area (Å²) in [6, 6.07) is 5.98. The number of anilines is 1. The average Bonchev–Trinajstić information content (AvgIpc) is 2.47. The first-order valence-electron chi connectivity index (χ1n) is 8.74. The molecule has 136 valence electrons. The molecule has 0 radical (unpaired) electrons. The largest absolute Gasteiger partial charge is 0.381 e. The SMILES string of the molecule is CCCCOCCCNC(=O)Nc1ccc(SC(C)(C)C)cc1C. The molecule has 1 rings (SSSR count). The summed E-state index contributed by atoms with van der Waals surface area (Å²) in [6.45, 7) is 12.9. The minimum absolute atomic E-state index is 0.164. The fraction of sp³-hybridized carbons (Fsp3) is 0.632. The number of unbranched alkanes of at least 4 members (excludes halogenated alkanes) is 1. The number of thioether (sulfide) groups is 1. The highest BCUT2D eigenvalue weighted by Gasteiger charge is 2.13. The molecule has 0 fully saturated rings. The standard InChI is InChI=1S/C19H32N2O2S/c1-6-7-12-23-13-8-11-20-18(22)21-17-10-9-16(14-15(17)2)24-19(3,4)5/h9-10,14H,6-8,11-13H2,1-5H3,(H2,20,21,22). The van der Waals surface area contributed by atoms with Gasteiger partial charge in [0.05, 0.1) is 0 Å². The maximum atomic E-state index is 11.9. The molecule has 0 atom stereocenters. The van der Waals surface area contributed by atoms with Crippen molar-refractivity contribution in [2.75, 3.05) is 25.1 Å². The van der Waals surface area contributed by atoms with E-state index < -0.39 is 0 Å². The molecular formula is C19H32N2O2S. The number of urea groups is 1. The van der Waals surface area contributed by atoms with Crippen LogP contribution in [-0.2, 0) is 4.74 Å². The van der Waals surface area contributed by atoms with Gasteiger partial charge in [-0.05, 0) is 43.5 Å². The van der Waals surface area contributed by atoms with Crippen LogP contribution in [0, 0.1) is 6.92 Å².